The number of pyridine rings is 1. The lowest BCUT2D eigenvalue weighted by Crippen LogP contribution is -2.11. The van der Waals surface area contributed by atoms with Gasteiger partial charge in [0.05, 0.1) is 16.7 Å². The largest absolute Gasteiger partial charge is 0.480 e. The van der Waals surface area contributed by atoms with Crippen LogP contribution >= 0.6 is 11.8 Å². The van der Waals surface area contributed by atoms with Gasteiger partial charge in [-0.25, -0.2) is 4.98 Å². The zero-order valence-electron chi connectivity index (χ0n) is 8.39. The summed E-state index contributed by atoms with van der Waals surface area (Å²) in [6.45, 7) is 3.36. The van der Waals surface area contributed by atoms with Gasteiger partial charge in [0, 0.05) is 5.69 Å². The highest BCUT2D eigenvalue weighted by atomic mass is 32.2. The molecule has 1 N–H and O–H groups in total. The molecule has 0 bridgehead atoms. The third-order valence-corrected chi connectivity index (χ3v) is 2.71. The molecular weight excluding hydrogens is 212 g/mol. The molecule has 0 saturated heterocycles. The monoisotopic (exact) mass is 222 g/mol. The van der Waals surface area contributed by atoms with E-state index in [-0.39, 0.29) is 0 Å². The first-order valence-electron chi connectivity index (χ1n) is 4.31. The van der Waals surface area contributed by atoms with Crippen LogP contribution in [0.5, 0.6) is 0 Å². The number of carbonyl (C=O) groups is 1. The predicted octanol–water partition coefficient (Wildman–Crippen LogP) is 1.83. The standard InChI is InChI=1S/C10H10N2O2S/c1-6-3-8(5-11)4-9(12-6)15-7(2)10(13)14/h3-4,7H,1-2H3,(H,13,14). The number of rotatable bonds is 3. The fourth-order valence-corrected chi connectivity index (χ4v) is 1.85. The number of hydrogen-bond acceptors (Lipinski definition) is 4. The van der Waals surface area contributed by atoms with Crippen LogP contribution in [-0.2, 0) is 4.79 Å². The summed E-state index contributed by atoms with van der Waals surface area (Å²) in [5.41, 5.74) is 1.22. The Morgan fingerprint density at radius 3 is 2.87 bits per heavy atom. The van der Waals surface area contributed by atoms with E-state index in [9.17, 15) is 4.79 Å². The van der Waals surface area contributed by atoms with Crippen molar-refractivity contribution in [2.75, 3.05) is 0 Å². The van der Waals surface area contributed by atoms with Crippen molar-refractivity contribution in [1.29, 1.82) is 5.26 Å². The van der Waals surface area contributed by atoms with Gasteiger partial charge in [-0.2, -0.15) is 5.26 Å². The Kier molecular flexibility index (Phi) is 3.69. The Labute approximate surface area is 91.9 Å². The molecule has 5 heteroatoms. The van der Waals surface area contributed by atoms with Gasteiger partial charge < -0.3 is 5.11 Å². The first-order valence-corrected chi connectivity index (χ1v) is 5.19. The highest BCUT2D eigenvalue weighted by molar-refractivity contribution is 8.00. The fourth-order valence-electron chi connectivity index (χ4n) is 0.995. The molecule has 0 aromatic carbocycles. The van der Waals surface area contributed by atoms with Gasteiger partial charge in [0.15, 0.2) is 0 Å². The minimum Gasteiger partial charge on any atom is -0.480 e. The van der Waals surface area contributed by atoms with Gasteiger partial charge in [-0.3, -0.25) is 4.79 Å². The SMILES string of the molecule is Cc1cc(C#N)cc(SC(C)C(=O)O)n1. The first kappa shape index (κ1) is 11.5. The molecule has 1 heterocycles. The smallest absolute Gasteiger partial charge is 0.316 e. The van der Waals surface area contributed by atoms with Gasteiger partial charge in [-0.1, -0.05) is 11.8 Å². The molecule has 78 valence electrons. The quantitative estimate of drug-likeness (QED) is 0.790. The Hall–Kier alpha value is -1.54. The van der Waals surface area contributed by atoms with E-state index in [4.69, 9.17) is 10.4 Å². The number of thioether (sulfide) groups is 1. The summed E-state index contributed by atoms with van der Waals surface area (Å²) in [6.07, 6.45) is 0. The molecule has 4 nitrogen and oxygen atoms in total. The molecule has 0 amide bonds. The molecule has 0 aliphatic carbocycles. The van der Waals surface area contributed by atoms with Gasteiger partial charge >= 0.3 is 5.97 Å². The van der Waals surface area contributed by atoms with E-state index in [1.54, 1.807) is 26.0 Å². The van der Waals surface area contributed by atoms with Gasteiger partial charge in [0.25, 0.3) is 0 Å². The Morgan fingerprint density at radius 1 is 1.67 bits per heavy atom. The van der Waals surface area contributed by atoms with E-state index >= 15 is 0 Å². The summed E-state index contributed by atoms with van der Waals surface area (Å²) in [4.78, 5) is 14.8. The maximum Gasteiger partial charge on any atom is 0.316 e. The number of carboxylic acid groups (broad SMARTS) is 1. The third-order valence-electron chi connectivity index (χ3n) is 1.70. The van der Waals surface area contributed by atoms with E-state index in [1.165, 1.54) is 0 Å². The van der Waals surface area contributed by atoms with Crippen molar-refractivity contribution in [3.8, 4) is 6.07 Å². The number of aryl methyl sites for hydroxylation is 1. The summed E-state index contributed by atoms with van der Waals surface area (Å²) >= 11 is 1.13. The zero-order chi connectivity index (χ0) is 11.4. The fraction of sp³-hybridized carbons (Fsp3) is 0.300. The second-order valence-corrected chi connectivity index (χ2v) is 4.41. The number of nitrogens with zero attached hydrogens (tertiary/aromatic N) is 2. The topological polar surface area (TPSA) is 74.0 Å². The van der Waals surface area contributed by atoms with E-state index < -0.39 is 11.2 Å². The van der Waals surface area contributed by atoms with Gasteiger partial charge in [-0.15, -0.1) is 0 Å². The molecule has 0 spiro atoms. The molecular formula is C10H10N2O2S. The van der Waals surface area contributed by atoms with Crippen molar-refractivity contribution >= 4 is 17.7 Å². The van der Waals surface area contributed by atoms with Crippen molar-refractivity contribution in [3.63, 3.8) is 0 Å². The van der Waals surface area contributed by atoms with Crippen LogP contribution in [0.2, 0.25) is 0 Å². The number of aromatic nitrogens is 1. The predicted molar refractivity (Wildman–Crippen MR) is 56.6 cm³/mol. The molecule has 0 fully saturated rings. The third kappa shape index (κ3) is 3.26. The van der Waals surface area contributed by atoms with E-state index in [2.05, 4.69) is 4.98 Å². The van der Waals surface area contributed by atoms with Gasteiger partial charge in [0.1, 0.15) is 5.25 Å². The molecule has 0 radical (unpaired) electrons. The van der Waals surface area contributed by atoms with Crippen LogP contribution in [0.15, 0.2) is 17.2 Å². The van der Waals surface area contributed by atoms with Crippen LogP contribution in [0, 0.1) is 18.3 Å². The first-order chi connectivity index (χ1) is 7.02. The van der Waals surface area contributed by atoms with Crippen molar-refractivity contribution in [3.05, 3.63) is 23.4 Å². The average molecular weight is 222 g/mol. The summed E-state index contributed by atoms with van der Waals surface area (Å²) in [6, 6.07) is 5.27. The Morgan fingerprint density at radius 2 is 2.33 bits per heavy atom. The second-order valence-electron chi connectivity index (χ2n) is 3.05. The average Bonchev–Trinajstić information content (AvgIpc) is 2.16. The molecule has 1 aromatic heterocycles. The second kappa shape index (κ2) is 4.80. The number of nitriles is 1. The van der Waals surface area contributed by atoms with Crippen LogP contribution in [0.4, 0.5) is 0 Å². The van der Waals surface area contributed by atoms with Crippen molar-refractivity contribution in [1.82, 2.24) is 4.98 Å². The number of hydrogen-bond donors (Lipinski definition) is 1. The highest BCUT2D eigenvalue weighted by Gasteiger charge is 2.13. The highest BCUT2D eigenvalue weighted by Crippen LogP contribution is 2.22. The summed E-state index contributed by atoms with van der Waals surface area (Å²) < 4.78 is 0. The Bertz CT molecular complexity index is 426. The molecule has 1 aromatic rings. The van der Waals surface area contributed by atoms with Gasteiger partial charge in [0.2, 0.25) is 0 Å². The minimum atomic E-state index is -0.887. The van der Waals surface area contributed by atoms with E-state index in [1.807, 2.05) is 6.07 Å². The van der Waals surface area contributed by atoms with Crippen LogP contribution < -0.4 is 0 Å². The summed E-state index contributed by atoms with van der Waals surface area (Å²) in [5, 5.41) is 17.5. The van der Waals surface area contributed by atoms with Crippen molar-refractivity contribution in [2.45, 2.75) is 24.1 Å². The lowest BCUT2D eigenvalue weighted by molar-refractivity contribution is -0.136. The lowest BCUT2D eigenvalue weighted by atomic mass is 10.2. The van der Waals surface area contributed by atoms with Crippen molar-refractivity contribution in [2.24, 2.45) is 0 Å². The van der Waals surface area contributed by atoms with Crippen LogP contribution in [-0.4, -0.2) is 21.3 Å². The molecule has 0 aliphatic heterocycles. The molecule has 1 rings (SSSR count). The van der Waals surface area contributed by atoms with Crippen LogP contribution in [0.3, 0.4) is 0 Å². The molecule has 1 unspecified atom stereocenters. The Balaban J connectivity index is 2.91. The summed E-state index contributed by atoms with van der Waals surface area (Å²) in [5.74, 6) is -0.887. The number of aliphatic carboxylic acids is 1. The van der Waals surface area contributed by atoms with Crippen molar-refractivity contribution < 1.29 is 9.90 Å². The van der Waals surface area contributed by atoms with Crippen LogP contribution in [0.25, 0.3) is 0 Å². The summed E-state index contributed by atoms with van der Waals surface area (Å²) in [7, 11) is 0. The maximum absolute atomic E-state index is 10.6. The molecule has 15 heavy (non-hydrogen) atoms. The molecule has 1 atom stereocenters. The zero-order valence-corrected chi connectivity index (χ0v) is 9.21. The van der Waals surface area contributed by atoms with Gasteiger partial charge in [-0.05, 0) is 26.0 Å². The minimum absolute atomic E-state index is 0.502. The van der Waals surface area contributed by atoms with E-state index in [0.717, 1.165) is 11.8 Å². The van der Waals surface area contributed by atoms with Crippen LogP contribution in [0.1, 0.15) is 18.2 Å². The molecule has 0 aliphatic rings. The van der Waals surface area contributed by atoms with E-state index in [0.29, 0.717) is 16.3 Å². The molecule has 0 saturated carbocycles. The maximum atomic E-state index is 10.6. The lowest BCUT2D eigenvalue weighted by Gasteiger charge is -2.05. The normalized spacial score (nSPS) is 11.8. The number of carboxylic acids is 1.